The van der Waals surface area contributed by atoms with E-state index in [0.29, 0.717) is 59.7 Å². The summed E-state index contributed by atoms with van der Waals surface area (Å²) in [7, 11) is 0. The van der Waals surface area contributed by atoms with Gasteiger partial charge >= 0.3 is 0 Å². The van der Waals surface area contributed by atoms with Gasteiger partial charge in [0.2, 0.25) is 0 Å². The largest absolute Gasteiger partial charge is 0.366 e. The molecule has 5 rings (SSSR count). The summed E-state index contributed by atoms with van der Waals surface area (Å²) in [5.41, 5.74) is 2.40. The number of aromatic nitrogens is 1. The lowest BCUT2D eigenvalue weighted by atomic mass is 10.1. The highest BCUT2D eigenvalue weighted by atomic mass is 19.1. The van der Waals surface area contributed by atoms with Gasteiger partial charge < -0.3 is 14.3 Å². The number of carbonyl (C=O) groups is 1. The predicted octanol–water partition coefficient (Wildman–Crippen LogP) is 4.74. The molecule has 5 nitrogen and oxygen atoms in total. The van der Waals surface area contributed by atoms with Gasteiger partial charge in [-0.3, -0.25) is 4.79 Å². The number of fused-ring (bicyclic) bond motifs is 1. The van der Waals surface area contributed by atoms with Crippen molar-refractivity contribution in [2.24, 2.45) is 0 Å². The maximum Gasteiger partial charge on any atom is 0.254 e. The smallest absolute Gasteiger partial charge is 0.254 e. The molecule has 156 valence electrons. The van der Waals surface area contributed by atoms with Gasteiger partial charge in [-0.05, 0) is 54.6 Å². The van der Waals surface area contributed by atoms with E-state index in [1.54, 1.807) is 47.4 Å². The normalized spacial score (nSPS) is 14.3. The summed E-state index contributed by atoms with van der Waals surface area (Å²) in [6, 6.07) is 17.8. The molecule has 0 N–H and O–H groups in total. The van der Waals surface area contributed by atoms with E-state index in [9.17, 15) is 13.6 Å². The van der Waals surface area contributed by atoms with Crippen molar-refractivity contribution in [1.82, 2.24) is 10.1 Å². The van der Waals surface area contributed by atoms with Crippen LogP contribution in [0.5, 0.6) is 0 Å². The molecule has 0 spiro atoms. The number of rotatable bonds is 3. The molecule has 31 heavy (non-hydrogen) atoms. The van der Waals surface area contributed by atoms with Gasteiger partial charge in [0.1, 0.15) is 17.2 Å². The van der Waals surface area contributed by atoms with Crippen LogP contribution in [0.1, 0.15) is 10.4 Å². The molecule has 1 amide bonds. The first-order chi connectivity index (χ1) is 15.1. The van der Waals surface area contributed by atoms with Crippen molar-refractivity contribution in [3.8, 4) is 11.3 Å². The summed E-state index contributed by atoms with van der Waals surface area (Å²) in [5, 5.41) is 4.74. The second kappa shape index (κ2) is 7.83. The van der Waals surface area contributed by atoms with Crippen molar-refractivity contribution in [3.63, 3.8) is 0 Å². The van der Waals surface area contributed by atoms with E-state index in [-0.39, 0.29) is 17.5 Å². The van der Waals surface area contributed by atoms with Crippen LogP contribution in [-0.4, -0.2) is 42.1 Å². The third kappa shape index (κ3) is 3.63. The van der Waals surface area contributed by atoms with Gasteiger partial charge in [-0.25, -0.2) is 8.78 Å². The molecule has 1 aromatic heterocycles. The zero-order valence-electron chi connectivity index (χ0n) is 16.6. The van der Waals surface area contributed by atoms with Crippen LogP contribution in [0, 0.1) is 11.6 Å². The fraction of sp³-hybridized carbons (Fsp3) is 0.167. The zero-order chi connectivity index (χ0) is 21.4. The SMILES string of the molecule is O=C(c1ccc2noc(-c3ccc(F)cc3)c2c1)N1CCN(c2ccccc2F)CC1. The lowest BCUT2D eigenvalue weighted by molar-refractivity contribution is 0.0747. The number of piperazine rings is 1. The molecule has 0 bridgehead atoms. The van der Waals surface area contributed by atoms with Crippen LogP contribution in [0.3, 0.4) is 0 Å². The molecule has 1 fully saturated rings. The Bertz CT molecular complexity index is 1250. The monoisotopic (exact) mass is 419 g/mol. The van der Waals surface area contributed by atoms with Crippen LogP contribution in [0.15, 0.2) is 71.3 Å². The Hall–Kier alpha value is -3.74. The van der Waals surface area contributed by atoms with E-state index < -0.39 is 0 Å². The van der Waals surface area contributed by atoms with Crippen molar-refractivity contribution < 1.29 is 18.1 Å². The van der Waals surface area contributed by atoms with Crippen molar-refractivity contribution in [3.05, 3.63) is 83.9 Å². The van der Waals surface area contributed by atoms with Crippen LogP contribution >= 0.6 is 0 Å². The average Bonchev–Trinajstić information content (AvgIpc) is 3.23. The maximum atomic E-state index is 14.1. The topological polar surface area (TPSA) is 49.6 Å². The molecule has 1 aliphatic rings. The van der Waals surface area contributed by atoms with Gasteiger partial charge in [0.15, 0.2) is 5.76 Å². The minimum Gasteiger partial charge on any atom is -0.366 e. The summed E-state index contributed by atoms with van der Waals surface area (Å²) in [4.78, 5) is 16.8. The van der Waals surface area contributed by atoms with E-state index >= 15 is 0 Å². The summed E-state index contributed by atoms with van der Waals surface area (Å²) in [6.45, 7) is 2.12. The lowest BCUT2D eigenvalue weighted by Crippen LogP contribution is -2.49. The molecule has 7 heteroatoms. The molecule has 1 aliphatic heterocycles. The third-order valence-electron chi connectivity index (χ3n) is 5.59. The molecule has 0 atom stereocenters. The first-order valence-corrected chi connectivity index (χ1v) is 10.0. The van der Waals surface area contributed by atoms with Crippen LogP contribution in [-0.2, 0) is 0 Å². The third-order valence-corrected chi connectivity index (χ3v) is 5.59. The molecule has 0 aliphatic carbocycles. The van der Waals surface area contributed by atoms with Crippen molar-refractivity contribution >= 4 is 22.5 Å². The van der Waals surface area contributed by atoms with Crippen LogP contribution in [0.25, 0.3) is 22.2 Å². The molecule has 0 saturated carbocycles. The van der Waals surface area contributed by atoms with Gasteiger partial charge in [-0.1, -0.05) is 17.3 Å². The predicted molar refractivity (Wildman–Crippen MR) is 114 cm³/mol. The summed E-state index contributed by atoms with van der Waals surface area (Å²) >= 11 is 0. The minimum absolute atomic E-state index is 0.0960. The summed E-state index contributed by atoms with van der Waals surface area (Å²) < 4.78 is 32.8. The highest BCUT2D eigenvalue weighted by Gasteiger charge is 2.24. The average molecular weight is 419 g/mol. The van der Waals surface area contributed by atoms with Crippen molar-refractivity contribution in [2.45, 2.75) is 0 Å². The molecule has 2 heterocycles. The number of benzene rings is 3. The maximum absolute atomic E-state index is 14.1. The van der Waals surface area contributed by atoms with Gasteiger partial charge in [0.25, 0.3) is 5.91 Å². The lowest BCUT2D eigenvalue weighted by Gasteiger charge is -2.36. The molecule has 1 saturated heterocycles. The Morgan fingerprint density at radius 3 is 2.39 bits per heavy atom. The number of para-hydroxylation sites is 1. The summed E-state index contributed by atoms with van der Waals surface area (Å²) in [5.74, 6) is -0.193. The van der Waals surface area contributed by atoms with Crippen LogP contribution < -0.4 is 4.90 Å². The van der Waals surface area contributed by atoms with Crippen LogP contribution in [0.4, 0.5) is 14.5 Å². The van der Waals surface area contributed by atoms with E-state index in [0.717, 1.165) is 0 Å². The first kappa shape index (κ1) is 19.2. The number of anilines is 1. The fourth-order valence-corrected chi connectivity index (χ4v) is 3.93. The first-order valence-electron chi connectivity index (χ1n) is 10.0. The highest BCUT2D eigenvalue weighted by molar-refractivity contribution is 6.01. The molecule has 0 radical (unpaired) electrons. The van der Waals surface area contributed by atoms with Crippen molar-refractivity contribution in [2.75, 3.05) is 31.1 Å². The van der Waals surface area contributed by atoms with Crippen molar-refractivity contribution in [1.29, 1.82) is 0 Å². The molecule has 0 unspecified atom stereocenters. The standard InChI is InChI=1S/C24H19F2N3O2/c25-18-8-5-16(6-9-18)23-19-15-17(7-10-21(19)27-31-23)24(30)29-13-11-28(12-14-29)22-4-2-1-3-20(22)26/h1-10,15H,11-14H2. The molecular formula is C24H19F2N3O2. The number of hydrogen-bond donors (Lipinski definition) is 0. The Kier molecular flexibility index (Phi) is 4.86. The van der Waals surface area contributed by atoms with E-state index in [1.807, 2.05) is 11.0 Å². The van der Waals surface area contributed by atoms with E-state index in [1.165, 1.54) is 18.2 Å². The number of halogens is 2. The quantitative estimate of drug-likeness (QED) is 0.482. The van der Waals surface area contributed by atoms with Gasteiger partial charge in [0, 0.05) is 37.3 Å². The number of carbonyl (C=O) groups excluding carboxylic acids is 1. The number of nitrogens with zero attached hydrogens (tertiary/aromatic N) is 3. The summed E-state index contributed by atoms with van der Waals surface area (Å²) in [6.07, 6.45) is 0. The second-order valence-corrected chi connectivity index (χ2v) is 7.48. The minimum atomic E-state index is -0.335. The highest BCUT2D eigenvalue weighted by Crippen LogP contribution is 2.30. The Morgan fingerprint density at radius 2 is 1.65 bits per heavy atom. The molecule has 3 aromatic carbocycles. The Labute approximate surface area is 177 Å². The van der Waals surface area contributed by atoms with E-state index in [2.05, 4.69) is 5.16 Å². The van der Waals surface area contributed by atoms with Gasteiger partial charge in [0.05, 0.1) is 11.1 Å². The van der Waals surface area contributed by atoms with Crippen LogP contribution in [0.2, 0.25) is 0 Å². The zero-order valence-corrected chi connectivity index (χ0v) is 16.6. The Morgan fingerprint density at radius 1 is 0.903 bits per heavy atom. The fourth-order valence-electron chi connectivity index (χ4n) is 3.93. The molecular weight excluding hydrogens is 400 g/mol. The van der Waals surface area contributed by atoms with E-state index in [4.69, 9.17) is 4.52 Å². The number of amides is 1. The molecule has 4 aromatic rings. The van der Waals surface area contributed by atoms with Gasteiger partial charge in [-0.2, -0.15) is 0 Å². The van der Waals surface area contributed by atoms with Gasteiger partial charge in [-0.15, -0.1) is 0 Å². The Balaban J connectivity index is 1.36. The number of hydrogen-bond acceptors (Lipinski definition) is 4. The second-order valence-electron chi connectivity index (χ2n) is 7.48.